The number of primary sulfonamides is 1. The molecule has 1 amide bonds. The van der Waals surface area contributed by atoms with Crippen LogP contribution in [0.25, 0.3) is 0 Å². The average Bonchev–Trinajstić information content (AvgIpc) is 2.57. The Balaban J connectivity index is 2.24. The van der Waals surface area contributed by atoms with Crippen molar-refractivity contribution in [3.05, 3.63) is 17.6 Å². The van der Waals surface area contributed by atoms with Crippen molar-refractivity contribution in [2.75, 3.05) is 13.1 Å². The molecule has 106 valence electrons. The van der Waals surface area contributed by atoms with E-state index in [2.05, 4.69) is 0 Å². The summed E-state index contributed by atoms with van der Waals surface area (Å²) in [4.78, 5) is 13.8. The summed E-state index contributed by atoms with van der Waals surface area (Å²) in [5, 5.41) is 5.06. The number of amides is 1. The van der Waals surface area contributed by atoms with Crippen LogP contribution in [0.1, 0.15) is 42.0 Å². The molecule has 1 aromatic heterocycles. The molecule has 6 nitrogen and oxygen atoms in total. The van der Waals surface area contributed by atoms with Gasteiger partial charge in [-0.25, -0.2) is 13.6 Å². The first-order chi connectivity index (χ1) is 8.89. The van der Waals surface area contributed by atoms with Gasteiger partial charge in [0.15, 0.2) is 5.76 Å². The maximum Gasteiger partial charge on any atom is 0.289 e. The molecule has 2 rings (SSSR count). The third-order valence-electron chi connectivity index (χ3n) is 3.28. The zero-order valence-electron chi connectivity index (χ0n) is 10.9. The number of nitrogens with zero attached hydrogens (tertiary/aromatic N) is 1. The van der Waals surface area contributed by atoms with Gasteiger partial charge in [0.2, 0.25) is 10.0 Å². The van der Waals surface area contributed by atoms with Gasteiger partial charge in [-0.05, 0) is 19.8 Å². The van der Waals surface area contributed by atoms with Crippen LogP contribution >= 0.6 is 0 Å². The average molecular weight is 286 g/mol. The summed E-state index contributed by atoms with van der Waals surface area (Å²) in [6.07, 6.45) is 4.16. The molecule has 0 atom stereocenters. The van der Waals surface area contributed by atoms with Crippen LogP contribution in [0, 0.1) is 6.92 Å². The van der Waals surface area contributed by atoms with Gasteiger partial charge in [0.25, 0.3) is 5.91 Å². The number of carbonyl (C=O) groups is 1. The van der Waals surface area contributed by atoms with Crippen molar-refractivity contribution in [1.29, 1.82) is 0 Å². The molecule has 0 unspecified atom stereocenters. The second-order valence-electron chi connectivity index (χ2n) is 4.78. The lowest BCUT2D eigenvalue weighted by Gasteiger charge is -2.18. The number of hydrogen-bond donors (Lipinski definition) is 1. The molecular formula is C12H18N2O4S. The van der Waals surface area contributed by atoms with E-state index in [1.54, 1.807) is 4.90 Å². The highest BCUT2D eigenvalue weighted by molar-refractivity contribution is 7.89. The van der Waals surface area contributed by atoms with E-state index in [1.165, 1.54) is 13.0 Å². The number of likely N-dealkylation sites (tertiary alicyclic amines) is 1. The minimum Gasteiger partial charge on any atom is -0.455 e. The van der Waals surface area contributed by atoms with E-state index in [0.717, 1.165) is 25.7 Å². The van der Waals surface area contributed by atoms with Crippen LogP contribution in [-0.4, -0.2) is 32.3 Å². The minimum absolute atomic E-state index is 0.0448. The molecule has 1 aliphatic heterocycles. The largest absolute Gasteiger partial charge is 0.455 e. The van der Waals surface area contributed by atoms with Gasteiger partial charge in [0.05, 0.1) is 0 Å². The molecule has 1 fully saturated rings. The normalized spacial score (nSPS) is 17.3. The van der Waals surface area contributed by atoms with Gasteiger partial charge in [-0.3, -0.25) is 4.79 Å². The first-order valence-electron chi connectivity index (χ1n) is 6.32. The van der Waals surface area contributed by atoms with E-state index in [0.29, 0.717) is 13.1 Å². The Labute approximate surface area is 112 Å². The Morgan fingerprint density at radius 1 is 1.26 bits per heavy atom. The number of sulfonamides is 1. The second kappa shape index (κ2) is 5.34. The summed E-state index contributed by atoms with van der Waals surface area (Å²) < 4.78 is 27.9. The molecule has 2 heterocycles. The molecular weight excluding hydrogens is 268 g/mol. The van der Waals surface area contributed by atoms with E-state index in [1.807, 2.05) is 0 Å². The Bertz CT molecular complexity index is 569. The SMILES string of the molecule is Cc1oc(C(=O)N2CCCCCC2)cc1S(N)(=O)=O. The van der Waals surface area contributed by atoms with Gasteiger partial charge in [0, 0.05) is 19.2 Å². The Kier molecular flexibility index (Phi) is 3.96. The lowest BCUT2D eigenvalue weighted by atomic mass is 10.2. The highest BCUT2D eigenvalue weighted by atomic mass is 32.2. The fourth-order valence-electron chi connectivity index (χ4n) is 2.28. The first-order valence-corrected chi connectivity index (χ1v) is 7.87. The molecule has 0 aliphatic carbocycles. The molecule has 2 N–H and O–H groups in total. The van der Waals surface area contributed by atoms with Gasteiger partial charge in [-0.1, -0.05) is 12.8 Å². The Morgan fingerprint density at radius 3 is 2.32 bits per heavy atom. The van der Waals surface area contributed by atoms with Gasteiger partial charge >= 0.3 is 0 Å². The first kappa shape index (κ1) is 14.1. The standard InChI is InChI=1S/C12H18N2O4S/c1-9-11(19(13,16)17)8-10(18-9)12(15)14-6-4-2-3-5-7-14/h8H,2-7H2,1H3,(H2,13,16,17). The van der Waals surface area contributed by atoms with E-state index in [-0.39, 0.29) is 22.3 Å². The van der Waals surface area contributed by atoms with Crippen molar-refractivity contribution in [1.82, 2.24) is 4.90 Å². The predicted octanol–water partition coefficient (Wildman–Crippen LogP) is 1.25. The Morgan fingerprint density at radius 2 is 1.84 bits per heavy atom. The van der Waals surface area contributed by atoms with Crippen LogP contribution in [-0.2, 0) is 10.0 Å². The summed E-state index contributed by atoms with van der Waals surface area (Å²) in [5.41, 5.74) is 0. The minimum atomic E-state index is -3.85. The summed E-state index contributed by atoms with van der Waals surface area (Å²) in [7, 11) is -3.85. The lowest BCUT2D eigenvalue weighted by molar-refractivity contribution is 0.0728. The third-order valence-corrected chi connectivity index (χ3v) is 4.30. The highest BCUT2D eigenvalue weighted by Crippen LogP contribution is 2.21. The summed E-state index contributed by atoms with van der Waals surface area (Å²) in [5.74, 6) is -0.0657. The van der Waals surface area contributed by atoms with Crippen molar-refractivity contribution in [2.45, 2.75) is 37.5 Å². The number of furan rings is 1. The monoisotopic (exact) mass is 286 g/mol. The van der Waals surface area contributed by atoms with Crippen LogP contribution in [0.5, 0.6) is 0 Å². The van der Waals surface area contributed by atoms with Gasteiger partial charge in [-0.15, -0.1) is 0 Å². The van der Waals surface area contributed by atoms with Crippen LogP contribution in [0.3, 0.4) is 0 Å². The number of rotatable bonds is 2. The third kappa shape index (κ3) is 3.16. The zero-order valence-corrected chi connectivity index (χ0v) is 11.7. The van der Waals surface area contributed by atoms with Crippen molar-refractivity contribution in [3.63, 3.8) is 0 Å². The maximum atomic E-state index is 12.2. The Hall–Kier alpha value is -1.34. The van der Waals surface area contributed by atoms with Gasteiger partial charge in [0.1, 0.15) is 10.7 Å². The molecule has 0 radical (unpaired) electrons. The quantitative estimate of drug-likeness (QED) is 0.885. The van der Waals surface area contributed by atoms with E-state index in [4.69, 9.17) is 9.56 Å². The van der Waals surface area contributed by atoms with Crippen molar-refractivity contribution in [3.8, 4) is 0 Å². The van der Waals surface area contributed by atoms with E-state index in [9.17, 15) is 13.2 Å². The molecule has 0 aromatic carbocycles. The number of aryl methyl sites for hydroxylation is 1. The lowest BCUT2D eigenvalue weighted by Crippen LogP contribution is -2.31. The van der Waals surface area contributed by atoms with Gasteiger partial charge in [-0.2, -0.15) is 0 Å². The number of nitrogens with two attached hydrogens (primary N) is 1. The van der Waals surface area contributed by atoms with Crippen LogP contribution < -0.4 is 5.14 Å². The second-order valence-corrected chi connectivity index (χ2v) is 6.31. The maximum absolute atomic E-state index is 12.2. The molecule has 0 bridgehead atoms. The zero-order chi connectivity index (χ0) is 14.0. The fourth-order valence-corrected chi connectivity index (χ4v) is 3.00. The summed E-state index contributed by atoms with van der Waals surface area (Å²) in [6, 6.07) is 1.22. The summed E-state index contributed by atoms with van der Waals surface area (Å²) >= 11 is 0. The van der Waals surface area contributed by atoms with Crippen molar-refractivity contribution >= 4 is 15.9 Å². The van der Waals surface area contributed by atoms with Crippen LogP contribution in [0.15, 0.2) is 15.4 Å². The van der Waals surface area contributed by atoms with Crippen molar-refractivity contribution in [2.24, 2.45) is 5.14 Å². The molecule has 1 saturated heterocycles. The summed E-state index contributed by atoms with van der Waals surface area (Å²) in [6.45, 7) is 2.85. The molecule has 0 spiro atoms. The van der Waals surface area contributed by atoms with Crippen molar-refractivity contribution < 1.29 is 17.6 Å². The molecule has 19 heavy (non-hydrogen) atoms. The predicted molar refractivity (Wildman–Crippen MR) is 69.2 cm³/mol. The topological polar surface area (TPSA) is 93.6 Å². The van der Waals surface area contributed by atoms with E-state index < -0.39 is 10.0 Å². The molecule has 0 saturated carbocycles. The van der Waals surface area contributed by atoms with E-state index >= 15 is 0 Å². The number of hydrogen-bond acceptors (Lipinski definition) is 4. The smallest absolute Gasteiger partial charge is 0.289 e. The van der Waals surface area contributed by atoms with Crippen LogP contribution in [0.2, 0.25) is 0 Å². The van der Waals surface area contributed by atoms with Gasteiger partial charge < -0.3 is 9.32 Å². The number of carbonyl (C=O) groups excluding carboxylic acids is 1. The molecule has 1 aromatic rings. The highest BCUT2D eigenvalue weighted by Gasteiger charge is 2.24. The molecule has 1 aliphatic rings. The van der Waals surface area contributed by atoms with Crippen LogP contribution in [0.4, 0.5) is 0 Å². The molecule has 7 heteroatoms. The fraction of sp³-hybridized carbons (Fsp3) is 0.583.